The van der Waals surface area contributed by atoms with Crippen molar-refractivity contribution in [2.24, 2.45) is 11.7 Å². The van der Waals surface area contributed by atoms with E-state index in [0.717, 1.165) is 19.3 Å². The molecule has 2 N–H and O–H groups in total. The first-order chi connectivity index (χ1) is 12.2. The average molecular weight is 418 g/mol. The summed E-state index contributed by atoms with van der Waals surface area (Å²) in [5.74, 6) is 0.0578. The molecule has 1 atom stereocenters. The zero-order valence-corrected chi connectivity index (χ0v) is 18.1. The zero-order chi connectivity index (χ0) is 19.3. The number of piperidine rings is 1. The number of hydrogen-bond acceptors (Lipinski definition) is 4. The van der Waals surface area contributed by atoms with Gasteiger partial charge in [0.1, 0.15) is 0 Å². The Morgan fingerprint density at radius 3 is 2.37 bits per heavy atom. The van der Waals surface area contributed by atoms with Gasteiger partial charge in [-0.2, -0.15) is 4.31 Å². The molecule has 27 heavy (non-hydrogen) atoms. The van der Waals surface area contributed by atoms with Gasteiger partial charge in [0.25, 0.3) is 5.91 Å². The Balaban J connectivity index is 0.00000364. The van der Waals surface area contributed by atoms with Gasteiger partial charge in [-0.3, -0.25) is 4.79 Å². The fraction of sp³-hybridized carbons (Fsp3) is 0.632. The van der Waals surface area contributed by atoms with Crippen molar-refractivity contribution in [1.82, 2.24) is 9.21 Å². The Morgan fingerprint density at radius 1 is 1.19 bits per heavy atom. The molecule has 1 aromatic rings. The number of nitrogens with zero attached hydrogens (tertiary/aromatic N) is 2. The predicted molar refractivity (Wildman–Crippen MR) is 111 cm³/mol. The molecule has 8 heteroatoms. The summed E-state index contributed by atoms with van der Waals surface area (Å²) in [6.45, 7) is 5.63. The molecule has 154 valence electrons. The Bertz CT molecular complexity index is 719. The van der Waals surface area contributed by atoms with Crippen LogP contribution in [0.15, 0.2) is 29.2 Å². The standard InChI is InChI=1S/C19H31N3O3S.ClH/c1-15(2)17(20)11-14-21(3)19(23)16-9-5-6-10-18(16)26(24,25)22-12-7-4-8-13-22;/h5-6,9-10,15,17H,4,7-8,11-14,20H2,1-3H3;1H. The number of hydrogen-bond donors (Lipinski definition) is 1. The molecule has 0 saturated carbocycles. The Morgan fingerprint density at radius 2 is 1.78 bits per heavy atom. The maximum Gasteiger partial charge on any atom is 0.254 e. The lowest BCUT2D eigenvalue weighted by atomic mass is 10.0. The summed E-state index contributed by atoms with van der Waals surface area (Å²) in [6.07, 6.45) is 3.46. The summed E-state index contributed by atoms with van der Waals surface area (Å²) in [5.41, 5.74) is 6.29. The molecule has 0 radical (unpaired) electrons. The summed E-state index contributed by atoms with van der Waals surface area (Å²) in [6, 6.07) is 6.51. The van der Waals surface area contributed by atoms with Gasteiger partial charge in [0.05, 0.1) is 10.5 Å². The first-order valence-electron chi connectivity index (χ1n) is 9.35. The highest BCUT2D eigenvalue weighted by atomic mass is 35.5. The number of carbonyl (C=O) groups is 1. The van der Waals surface area contributed by atoms with Crippen molar-refractivity contribution in [3.05, 3.63) is 29.8 Å². The van der Waals surface area contributed by atoms with Gasteiger partial charge < -0.3 is 10.6 Å². The smallest absolute Gasteiger partial charge is 0.254 e. The normalized spacial score (nSPS) is 16.6. The fourth-order valence-corrected chi connectivity index (χ4v) is 4.80. The van der Waals surface area contributed by atoms with E-state index in [2.05, 4.69) is 0 Å². The van der Waals surface area contributed by atoms with Crippen molar-refractivity contribution in [2.45, 2.75) is 50.5 Å². The first kappa shape index (κ1) is 23.9. The van der Waals surface area contributed by atoms with Crippen molar-refractivity contribution in [1.29, 1.82) is 0 Å². The molecule has 1 aliphatic rings. The first-order valence-corrected chi connectivity index (χ1v) is 10.8. The highest BCUT2D eigenvalue weighted by Gasteiger charge is 2.30. The zero-order valence-electron chi connectivity index (χ0n) is 16.4. The van der Waals surface area contributed by atoms with E-state index in [0.29, 0.717) is 32.0 Å². The van der Waals surface area contributed by atoms with Gasteiger partial charge in [0.2, 0.25) is 10.0 Å². The molecule has 1 saturated heterocycles. The van der Waals surface area contributed by atoms with E-state index < -0.39 is 10.0 Å². The molecule has 1 heterocycles. The lowest BCUT2D eigenvalue weighted by Gasteiger charge is -2.27. The van der Waals surface area contributed by atoms with Crippen LogP contribution in [0.1, 0.15) is 49.9 Å². The van der Waals surface area contributed by atoms with Gasteiger partial charge in [0, 0.05) is 32.7 Å². The third-order valence-electron chi connectivity index (χ3n) is 5.05. The Hall–Kier alpha value is -1.15. The fourth-order valence-electron chi connectivity index (χ4n) is 3.10. The molecular weight excluding hydrogens is 386 g/mol. The summed E-state index contributed by atoms with van der Waals surface area (Å²) in [7, 11) is -1.96. The van der Waals surface area contributed by atoms with Crippen LogP contribution in [-0.4, -0.2) is 56.3 Å². The predicted octanol–water partition coefficient (Wildman–Crippen LogP) is 2.73. The van der Waals surface area contributed by atoms with Crippen molar-refractivity contribution >= 4 is 28.3 Å². The summed E-state index contributed by atoms with van der Waals surface area (Å²) in [5, 5.41) is 0. The van der Waals surface area contributed by atoms with Crippen LogP contribution in [0.2, 0.25) is 0 Å². The van der Waals surface area contributed by atoms with Gasteiger partial charge in [0.15, 0.2) is 0 Å². The van der Waals surface area contributed by atoms with Gasteiger partial charge in [-0.25, -0.2) is 8.42 Å². The van der Waals surface area contributed by atoms with E-state index >= 15 is 0 Å². The van der Waals surface area contributed by atoms with Crippen LogP contribution in [0.5, 0.6) is 0 Å². The van der Waals surface area contributed by atoms with Gasteiger partial charge in [-0.05, 0) is 37.3 Å². The molecule has 0 aromatic heterocycles. The molecule has 1 aliphatic heterocycles. The molecule has 0 bridgehead atoms. The van der Waals surface area contributed by atoms with Crippen LogP contribution in [0.3, 0.4) is 0 Å². The summed E-state index contributed by atoms with van der Waals surface area (Å²) in [4.78, 5) is 14.5. The Labute approximate surface area is 169 Å². The topological polar surface area (TPSA) is 83.7 Å². The second-order valence-corrected chi connectivity index (χ2v) is 9.29. The highest BCUT2D eigenvalue weighted by molar-refractivity contribution is 7.89. The van der Waals surface area contributed by atoms with Crippen molar-refractivity contribution < 1.29 is 13.2 Å². The second-order valence-electron chi connectivity index (χ2n) is 7.38. The van der Waals surface area contributed by atoms with Crippen LogP contribution in [0, 0.1) is 5.92 Å². The van der Waals surface area contributed by atoms with E-state index in [4.69, 9.17) is 5.73 Å². The van der Waals surface area contributed by atoms with E-state index in [1.54, 1.807) is 30.1 Å². The number of halogens is 1. The van der Waals surface area contributed by atoms with E-state index in [9.17, 15) is 13.2 Å². The molecule has 0 spiro atoms. The monoisotopic (exact) mass is 417 g/mol. The van der Waals surface area contributed by atoms with E-state index in [1.807, 2.05) is 13.8 Å². The number of nitrogens with two attached hydrogens (primary N) is 1. The number of sulfonamides is 1. The largest absolute Gasteiger partial charge is 0.342 e. The molecule has 0 aliphatic carbocycles. The van der Waals surface area contributed by atoms with Crippen LogP contribution >= 0.6 is 12.4 Å². The lowest BCUT2D eigenvalue weighted by Crippen LogP contribution is -2.38. The molecule has 6 nitrogen and oxygen atoms in total. The number of rotatable bonds is 7. The second kappa shape index (κ2) is 10.4. The van der Waals surface area contributed by atoms with E-state index in [1.165, 1.54) is 10.4 Å². The number of carbonyl (C=O) groups excluding carboxylic acids is 1. The molecule has 1 unspecified atom stereocenters. The van der Waals surface area contributed by atoms with Crippen molar-refractivity contribution in [3.63, 3.8) is 0 Å². The molecule has 1 fully saturated rings. The maximum atomic E-state index is 13.0. The van der Waals surface area contributed by atoms with Crippen molar-refractivity contribution in [3.8, 4) is 0 Å². The lowest BCUT2D eigenvalue weighted by molar-refractivity contribution is 0.0785. The molecule has 1 aromatic carbocycles. The van der Waals surface area contributed by atoms with Crippen LogP contribution in [0.25, 0.3) is 0 Å². The summed E-state index contributed by atoms with van der Waals surface area (Å²) >= 11 is 0. The molecule has 2 rings (SSSR count). The minimum absolute atomic E-state index is 0. The van der Waals surface area contributed by atoms with Gasteiger partial charge in [-0.15, -0.1) is 12.4 Å². The minimum atomic E-state index is -3.65. The van der Waals surface area contributed by atoms with Crippen LogP contribution in [0.4, 0.5) is 0 Å². The van der Waals surface area contributed by atoms with E-state index in [-0.39, 0.29) is 34.8 Å². The SMILES string of the molecule is CC(C)C(N)CCN(C)C(=O)c1ccccc1S(=O)(=O)N1CCCCC1.Cl. The Kier molecular flexibility index (Phi) is 9.21. The van der Waals surface area contributed by atoms with Crippen LogP contribution in [-0.2, 0) is 10.0 Å². The third-order valence-corrected chi connectivity index (χ3v) is 7.01. The molecular formula is C19H32ClN3O3S. The van der Waals surface area contributed by atoms with Crippen molar-refractivity contribution in [2.75, 3.05) is 26.7 Å². The highest BCUT2D eigenvalue weighted by Crippen LogP contribution is 2.24. The molecule has 1 amide bonds. The van der Waals surface area contributed by atoms with Crippen LogP contribution < -0.4 is 5.73 Å². The third kappa shape index (κ3) is 5.91. The average Bonchev–Trinajstić information content (AvgIpc) is 2.65. The number of amides is 1. The number of benzene rings is 1. The quantitative estimate of drug-likeness (QED) is 0.739. The van der Waals surface area contributed by atoms with Gasteiger partial charge in [-0.1, -0.05) is 32.4 Å². The van der Waals surface area contributed by atoms with Gasteiger partial charge >= 0.3 is 0 Å². The summed E-state index contributed by atoms with van der Waals surface area (Å²) < 4.78 is 27.5. The maximum absolute atomic E-state index is 13.0. The minimum Gasteiger partial charge on any atom is -0.342 e.